The summed E-state index contributed by atoms with van der Waals surface area (Å²) in [6.07, 6.45) is 5.07. The van der Waals surface area contributed by atoms with Gasteiger partial charge in [0.1, 0.15) is 0 Å². The molecule has 0 bridgehead atoms. The minimum Gasteiger partial charge on any atom is -0.313 e. The zero-order valence-corrected chi connectivity index (χ0v) is 11.5. The van der Waals surface area contributed by atoms with Gasteiger partial charge in [0.2, 0.25) is 0 Å². The molecule has 1 aliphatic carbocycles. The summed E-state index contributed by atoms with van der Waals surface area (Å²) in [5.74, 6) is 0.866. The van der Waals surface area contributed by atoms with Gasteiger partial charge in [-0.2, -0.15) is 0 Å². The maximum absolute atomic E-state index is 11.6. The van der Waals surface area contributed by atoms with Crippen molar-refractivity contribution < 1.29 is 4.79 Å². The Kier molecular flexibility index (Phi) is 5.34. The van der Waals surface area contributed by atoms with Gasteiger partial charge in [0.05, 0.1) is 0 Å². The highest BCUT2D eigenvalue weighted by molar-refractivity contribution is 5.95. The summed E-state index contributed by atoms with van der Waals surface area (Å²) in [4.78, 5) is 11.6. The molecule has 0 spiro atoms. The first-order valence-corrected chi connectivity index (χ1v) is 7.21. The monoisotopic (exact) mass is 257 g/mol. The second-order valence-electron chi connectivity index (χ2n) is 5.44. The SMILES string of the molecule is C=C1CC[C@H](CCCNCc2ccccc2)CC1=O. The highest BCUT2D eigenvalue weighted by Crippen LogP contribution is 2.27. The van der Waals surface area contributed by atoms with Crippen molar-refractivity contribution in [3.05, 3.63) is 48.0 Å². The van der Waals surface area contributed by atoms with Crippen molar-refractivity contribution >= 4 is 5.78 Å². The van der Waals surface area contributed by atoms with Crippen LogP contribution in [0.3, 0.4) is 0 Å². The molecule has 0 unspecified atom stereocenters. The van der Waals surface area contributed by atoms with E-state index in [1.165, 1.54) is 5.56 Å². The molecule has 1 aliphatic rings. The molecular weight excluding hydrogens is 234 g/mol. The molecule has 2 rings (SSSR count). The second kappa shape index (κ2) is 7.25. The molecule has 2 heteroatoms. The Labute approximate surface area is 115 Å². The molecule has 102 valence electrons. The third kappa shape index (κ3) is 4.64. The molecule has 1 atom stereocenters. The second-order valence-corrected chi connectivity index (χ2v) is 5.44. The van der Waals surface area contributed by atoms with E-state index in [-0.39, 0.29) is 5.78 Å². The zero-order chi connectivity index (χ0) is 13.5. The molecule has 1 aromatic rings. The minimum atomic E-state index is 0.286. The van der Waals surface area contributed by atoms with E-state index in [0.29, 0.717) is 5.92 Å². The summed E-state index contributed by atoms with van der Waals surface area (Å²) in [5.41, 5.74) is 2.16. The summed E-state index contributed by atoms with van der Waals surface area (Å²) >= 11 is 0. The minimum absolute atomic E-state index is 0.286. The van der Waals surface area contributed by atoms with Gasteiger partial charge >= 0.3 is 0 Å². The lowest BCUT2D eigenvalue weighted by atomic mass is 9.83. The molecule has 1 fully saturated rings. The van der Waals surface area contributed by atoms with E-state index in [0.717, 1.165) is 50.8 Å². The van der Waals surface area contributed by atoms with Crippen LogP contribution in [-0.4, -0.2) is 12.3 Å². The van der Waals surface area contributed by atoms with Gasteiger partial charge < -0.3 is 5.32 Å². The average molecular weight is 257 g/mol. The summed E-state index contributed by atoms with van der Waals surface area (Å²) in [7, 11) is 0. The van der Waals surface area contributed by atoms with Crippen molar-refractivity contribution in [1.29, 1.82) is 0 Å². The number of benzene rings is 1. The number of Topliss-reactive ketones (excluding diaryl/α,β-unsaturated/α-hetero) is 1. The Morgan fingerprint density at radius 2 is 2.05 bits per heavy atom. The topological polar surface area (TPSA) is 29.1 Å². The summed E-state index contributed by atoms with van der Waals surface area (Å²) in [6.45, 7) is 5.77. The number of nitrogens with one attached hydrogen (secondary N) is 1. The number of allylic oxidation sites excluding steroid dienone is 1. The number of rotatable bonds is 6. The lowest BCUT2D eigenvalue weighted by Crippen LogP contribution is -2.19. The maximum atomic E-state index is 11.6. The number of hydrogen-bond acceptors (Lipinski definition) is 2. The predicted molar refractivity (Wildman–Crippen MR) is 78.9 cm³/mol. The van der Waals surface area contributed by atoms with Crippen LogP contribution in [0.4, 0.5) is 0 Å². The van der Waals surface area contributed by atoms with Crippen molar-refractivity contribution in [2.24, 2.45) is 5.92 Å². The fourth-order valence-electron chi connectivity index (χ4n) is 2.62. The summed E-state index contributed by atoms with van der Waals surface area (Å²) in [6, 6.07) is 10.4. The van der Waals surface area contributed by atoms with Crippen molar-refractivity contribution in [3.8, 4) is 0 Å². The first-order valence-electron chi connectivity index (χ1n) is 7.21. The summed E-state index contributed by atoms with van der Waals surface area (Å²) < 4.78 is 0. The average Bonchev–Trinajstić information content (AvgIpc) is 2.43. The molecule has 0 saturated heterocycles. The Morgan fingerprint density at radius 3 is 2.79 bits per heavy atom. The van der Waals surface area contributed by atoms with Crippen molar-refractivity contribution in [3.63, 3.8) is 0 Å². The van der Waals surface area contributed by atoms with Crippen molar-refractivity contribution in [1.82, 2.24) is 5.32 Å². The van der Waals surface area contributed by atoms with Crippen LogP contribution in [0, 0.1) is 5.92 Å². The van der Waals surface area contributed by atoms with Crippen molar-refractivity contribution in [2.45, 2.75) is 38.6 Å². The Morgan fingerprint density at radius 1 is 1.26 bits per heavy atom. The van der Waals surface area contributed by atoms with Gasteiger partial charge in [-0.15, -0.1) is 0 Å². The van der Waals surface area contributed by atoms with E-state index in [4.69, 9.17) is 0 Å². The van der Waals surface area contributed by atoms with Crippen LogP contribution in [-0.2, 0) is 11.3 Å². The molecule has 2 nitrogen and oxygen atoms in total. The predicted octanol–water partition coefficient (Wildman–Crippen LogP) is 3.48. The van der Waals surface area contributed by atoms with Crippen LogP contribution in [0.25, 0.3) is 0 Å². The number of carbonyl (C=O) groups excluding carboxylic acids is 1. The highest BCUT2D eigenvalue weighted by Gasteiger charge is 2.21. The van der Waals surface area contributed by atoms with E-state index >= 15 is 0 Å². The third-order valence-electron chi connectivity index (χ3n) is 3.86. The normalized spacial score (nSPS) is 19.7. The molecule has 19 heavy (non-hydrogen) atoms. The van der Waals surface area contributed by atoms with Crippen LogP contribution in [0.1, 0.15) is 37.7 Å². The van der Waals surface area contributed by atoms with Crippen molar-refractivity contribution in [2.75, 3.05) is 6.54 Å². The highest BCUT2D eigenvalue weighted by atomic mass is 16.1. The lowest BCUT2D eigenvalue weighted by molar-refractivity contribution is -0.117. The standard InChI is InChI=1S/C17H23NO/c1-14-9-10-15(12-17(14)19)8-5-11-18-13-16-6-3-2-4-7-16/h2-4,6-7,15,18H,1,5,8-13H2/t15-/m0/s1. The zero-order valence-electron chi connectivity index (χ0n) is 11.5. The molecule has 0 aromatic heterocycles. The van der Waals surface area contributed by atoms with Crippen LogP contribution in [0.5, 0.6) is 0 Å². The molecule has 1 saturated carbocycles. The Balaban J connectivity index is 1.57. The molecule has 0 amide bonds. The third-order valence-corrected chi connectivity index (χ3v) is 3.86. The lowest BCUT2D eigenvalue weighted by Gasteiger charge is -2.22. The van der Waals surface area contributed by atoms with Crippen LogP contribution < -0.4 is 5.32 Å². The van der Waals surface area contributed by atoms with Gasteiger partial charge in [0, 0.05) is 13.0 Å². The number of carbonyl (C=O) groups is 1. The van der Waals surface area contributed by atoms with Gasteiger partial charge in [0.15, 0.2) is 5.78 Å². The Bertz CT molecular complexity index is 424. The fraction of sp³-hybridized carbons (Fsp3) is 0.471. The molecule has 0 radical (unpaired) electrons. The van der Waals surface area contributed by atoms with Crippen LogP contribution >= 0.6 is 0 Å². The van der Waals surface area contributed by atoms with Gasteiger partial charge in [-0.05, 0) is 49.3 Å². The summed E-state index contributed by atoms with van der Waals surface area (Å²) in [5, 5.41) is 3.46. The van der Waals surface area contributed by atoms with Gasteiger partial charge in [-0.25, -0.2) is 0 Å². The van der Waals surface area contributed by atoms with E-state index in [9.17, 15) is 4.79 Å². The fourth-order valence-corrected chi connectivity index (χ4v) is 2.62. The van der Waals surface area contributed by atoms with Gasteiger partial charge in [-0.1, -0.05) is 36.9 Å². The van der Waals surface area contributed by atoms with Crippen LogP contribution in [0.2, 0.25) is 0 Å². The first-order chi connectivity index (χ1) is 9.25. The maximum Gasteiger partial charge on any atom is 0.158 e. The van der Waals surface area contributed by atoms with Gasteiger partial charge in [-0.3, -0.25) is 4.79 Å². The van der Waals surface area contributed by atoms with E-state index < -0.39 is 0 Å². The molecule has 0 aliphatic heterocycles. The van der Waals surface area contributed by atoms with E-state index in [1.807, 2.05) is 6.07 Å². The Hall–Kier alpha value is -1.41. The van der Waals surface area contributed by atoms with Gasteiger partial charge in [0.25, 0.3) is 0 Å². The number of ketones is 1. The molecule has 1 N–H and O–H groups in total. The van der Waals surface area contributed by atoms with Crippen LogP contribution in [0.15, 0.2) is 42.5 Å². The molecular formula is C17H23NO. The first kappa shape index (κ1) is 14.0. The molecule has 0 heterocycles. The number of hydrogen-bond donors (Lipinski definition) is 1. The largest absolute Gasteiger partial charge is 0.313 e. The molecule has 1 aromatic carbocycles. The quantitative estimate of drug-likeness (QED) is 0.624. The van der Waals surface area contributed by atoms with E-state index in [1.54, 1.807) is 0 Å². The smallest absolute Gasteiger partial charge is 0.158 e. The van der Waals surface area contributed by atoms with E-state index in [2.05, 4.69) is 36.2 Å².